The van der Waals surface area contributed by atoms with E-state index in [9.17, 15) is 5.11 Å². The van der Waals surface area contributed by atoms with Gasteiger partial charge in [-0.1, -0.05) is 86.6 Å². The van der Waals surface area contributed by atoms with Gasteiger partial charge >= 0.3 is 0 Å². The Hall–Kier alpha value is -2.97. The summed E-state index contributed by atoms with van der Waals surface area (Å²) in [5.74, 6) is 0.880. The Morgan fingerprint density at radius 3 is 2.34 bits per heavy atom. The second-order valence-electron chi connectivity index (χ2n) is 10.4. The van der Waals surface area contributed by atoms with Crippen LogP contribution in [0.3, 0.4) is 0 Å². The van der Waals surface area contributed by atoms with Gasteiger partial charge in [0.2, 0.25) is 0 Å². The zero-order valence-corrected chi connectivity index (χ0v) is 18.9. The van der Waals surface area contributed by atoms with Gasteiger partial charge in [0.15, 0.2) is 0 Å². The lowest BCUT2D eigenvalue weighted by molar-refractivity contribution is -0.0906. The van der Waals surface area contributed by atoms with E-state index in [4.69, 9.17) is 4.98 Å². The van der Waals surface area contributed by atoms with Crippen molar-refractivity contribution < 1.29 is 5.11 Å². The lowest BCUT2D eigenvalue weighted by atomic mass is 9.42. The Labute approximate surface area is 190 Å². The predicted molar refractivity (Wildman–Crippen MR) is 131 cm³/mol. The van der Waals surface area contributed by atoms with Crippen LogP contribution in [0, 0.1) is 11.3 Å². The third-order valence-corrected chi connectivity index (χ3v) is 8.38. The molecule has 32 heavy (non-hydrogen) atoms. The third kappa shape index (κ3) is 2.72. The molecule has 3 aromatic carbocycles. The van der Waals surface area contributed by atoms with Crippen LogP contribution in [-0.4, -0.2) is 10.1 Å². The van der Waals surface area contributed by atoms with Crippen LogP contribution >= 0.6 is 0 Å². The molecule has 1 fully saturated rings. The molecule has 0 unspecified atom stereocenters. The van der Waals surface area contributed by atoms with Crippen LogP contribution in [0.4, 0.5) is 0 Å². The fraction of sp³-hybridized carbons (Fsp3) is 0.300. The van der Waals surface area contributed by atoms with Gasteiger partial charge in [-0.3, -0.25) is 4.98 Å². The number of fused-ring (bicyclic) bond motifs is 1. The molecule has 0 aliphatic heterocycles. The minimum atomic E-state index is -1.01. The van der Waals surface area contributed by atoms with E-state index in [1.54, 1.807) is 0 Å². The summed E-state index contributed by atoms with van der Waals surface area (Å²) in [6, 6.07) is 29.5. The van der Waals surface area contributed by atoms with Gasteiger partial charge in [-0.25, -0.2) is 0 Å². The highest BCUT2D eigenvalue weighted by molar-refractivity contribution is 5.83. The first-order chi connectivity index (χ1) is 15.4. The van der Waals surface area contributed by atoms with Crippen LogP contribution in [0.1, 0.15) is 55.8 Å². The second-order valence-corrected chi connectivity index (χ2v) is 10.4. The molecule has 7 rings (SSSR count). The van der Waals surface area contributed by atoms with Crippen molar-refractivity contribution in [1.29, 1.82) is 0 Å². The first-order valence-electron chi connectivity index (χ1n) is 11.7. The Kier molecular flexibility index (Phi) is 4.16. The van der Waals surface area contributed by atoms with E-state index in [1.807, 2.05) is 13.0 Å². The summed E-state index contributed by atoms with van der Waals surface area (Å²) in [6.45, 7) is 6.73. The highest BCUT2D eigenvalue weighted by Crippen LogP contribution is 2.69. The summed E-state index contributed by atoms with van der Waals surface area (Å²) >= 11 is 0. The molecule has 2 heteroatoms. The molecule has 0 spiro atoms. The van der Waals surface area contributed by atoms with Gasteiger partial charge in [0, 0.05) is 11.5 Å². The van der Waals surface area contributed by atoms with Crippen LogP contribution in [-0.2, 0) is 5.60 Å². The molecular weight excluding hydrogens is 390 g/mol. The maximum absolute atomic E-state index is 12.2. The normalized spacial score (nSPS) is 24.9. The molecule has 2 nitrogen and oxygen atoms in total. The van der Waals surface area contributed by atoms with Crippen LogP contribution in [0.2, 0.25) is 0 Å². The molecule has 160 valence electrons. The lowest BCUT2D eigenvalue weighted by Crippen LogP contribution is -2.55. The first-order valence-corrected chi connectivity index (χ1v) is 11.7. The molecular formula is C30H29NO. The molecule has 4 atom stereocenters. The number of pyridine rings is 1. The molecule has 0 amide bonds. The van der Waals surface area contributed by atoms with Crippen molar-refractivity contribution in [2.75, 3.05) is 0 Å². The molecule has 3 aliphatic rings. The molecule has 0 saturated heterocycles. The SMILES string of the molecule is CC1(C)[C@@H]2C[C@H]1c1ccc(-c3ccccc3)nc1[C@H]2[C@](C)(O)c1ccc2ccccc2c1. The summed E-state index contributed by atoms with van der Waals surface area (Å²) in [7, 11) is 0. The zero-order valence-electron chi connectivity index (χ0n) is 18.9. The lowest BCUT2D eigenvalue weighted by Gasteiger charge is -2.62. The Morgan fingerprint density at radius 1 is 0.875 bits per heavy atom. The predicted octanol–water partition coefficient (Wildman–Crippen LogP) is 7.04. The van der Waals surface area contributed by atoms with Crippen molar-refractivity contribution in [3.8, 4) is 11.3 Å². The van der Waals surface area contributed by atoms with Crippen molar-refractivity contribution in [2.24, 2.45) is 11.3 Å². The third-order valence-electron chi connectivity index (χ3n) is 8.38. The first kappa shape index (κ1) is 19.7. The van der Waals surface area contributed by atoms with Gasteiger partial charge < -0.3 is 5.11 Å². The summed E-state index contributed by atoms with van der Waals surface area (Å²) in [5.41, 5.74) is 4.65. The molecule has 4 aromatic rings. The highest BCUT2D eigenvalue weighted by Gasteiger charge is 2.61. The number of benzene rings is 3. The topological polar surface area (TPSA) is 33.1 Å². The van der Waals surface area contributed by atoms with E-state index < -0.39 is 5.60 Å². The van der Waals surface area contributed by atoms with Crippen molar-refractivity contribution >= 4 is 10.8 Å². The zero-order chi connectivity index (χ0) is 22.1. The Balaban J connectivity index is 1.52. The van der Waals surface area contributed by atoms with E-state index in [-0.39, 0.29) is 11.3 Å². The second kappa shape index (κ2) is 6.76. The fourth-order valence-corrected chi connectivity index (χ4v) is 6.38. The minimum absolute atomic E-state index is 0.0395. The van der Waals surface area contributed by atoms with E-state index in [2.05, 4.69) is 92.7 Å². The molecule has 1 heterocycles. The number of aliphatic hydroxyl groups is 1. The molecule has 1 N–H and O–H groups in total. The van der Waals surface area contributed by atoms with Crippen molar-refractivity contribution in [1.82, 2.24) is 4.98 Å². The van der Waals surface area contributed by atoms with E-state index in [0.29, 0.717) is 11.8 Å². The number of rotatable bonds is 3. The maximum atomic E-state index is 12.2. The average Bonchev–Trinajstić information content (AvgIpc) is 2.82. The summed E-state index contributed by atoms with van der Waals surface area (Å²) in [5, 5.41) is 14.5. The highest BCUT2D eigenvalue weighted by atomic mass is 16.3. The monoisotopic (exact) mass is 419 g/mol. The summed E-state index contributed by atoms with van der Waals surface area (Å²) < 4.78 is 0. The average molecular weight is 420 g/mol. The molecule has 1 saturated carbocycles. The van der Waals surface area contributed by atoms with Crippen molar-refractivity contribution in [2.45, 2.75) is 44.6 Å². The summed E-state index contributed by atoms with van der Waals surface area (Å²) in [6.07, 6.45) is 1.13. The Bertz CT molecular complexity index is 1320. The van der Waals surface area contributed by atoms with Gasteiger partial charge in [0.25, 0.3) is 0 Å². The van der Waals surface area contributed by atoms with Gasteiger partial charge in [-0.2, -0.15) is 0 Å². The van der Waals surface area contributed by atoms with E-state index >= 15 is 0 Å². The largest absolute Gasteiger partial charge is 0.385 e. The molecule has 0 radical (unpaired) electrons. The number of nitrogens with zero attached hydrogens (tertiary/aromatic N) is 1. The number of hydrogen-bond acceptors (Lipinski definition) is 2. The molecule has 3 aliphatic carbocycles. The van der Waals surface area contributed by atoms with Gasteiger partial charge in [-0.15, -0.1) is 0 Å². The number of aromatic nitrogens is 1. The quantitative estimate of drug-likeness (QED) is 0.386. The standard InChI is InChI=1S/C30H29NO/c1-29(2)24-18-25(29)27(28-23(24)15-16-26(31-28)20-10-5-4-6-11-20)30(3,32)22-14-13-19-9-7-8-12-21(19)17-22/h4-17,24-25,27,32H,18H2,1-3H3/t24-,25+,27-,30+/m0/s1. The van der Waals surface area contributed by atoms with Crippen LogP contribution in [0.5, 0.6) is 0 Å². The van der Waals surface area contributed by atoms with Gasteiger partial charge in [-0.05, 0) is 64.6 Å². The van der Waals surface area contributed by atoms with Gasteiger partial charge in [0.05, 0.1) is 17.0 Å². The number of hydrogen-bond donors (Lipinski definition) is 1. The smallest absolute Gasteiger partial charge is 0.0955 e. The maximum Gasteiger partial charge on any atom is 0.0955 e. The fourth-order valence-electron chi connectivity index (χ4n) is 6.38. The van der Waals surface area contributed by atoms with Crippen LogP contribution in [0.15, 0.2) is 84.9 Å². The Morgan fingerprint density at radius 2 is 1.59 bits per heavy atom. The van der Waals surface area contributed by atoms with E-state index in [0.717, 1.165) is 34.3 Å². The van der Waals surface area contributed by atoms with E-state index in [1.165, 1.54) is 10.9 Å². The molecule has 1 aromatic heterocycles. The minimum Gasteiger partial charge on any atom is -0.385 e. The van der Waals surface area contributed by atoms with Crippen molar-refractivity contribution in [3.63, 3.8) is 0 Å². The molecule has 2 bridgehead atoms. The summed E-state index contributed by atoms with van der Waals surface area (Å²) in [4.78, 5) is 5.21. The van der Waals surface area contributed by atoms with Crippen LogP contribution < -0.4 is 0 Å². The van der Waals surface area contributed by atoms with Crippen LogP contribution in [0.25, 0.3) is 22.0 Å². The van der Waals surface area contributed by atoms with Gasteiger partial charge in [0.1, 0.15) is 0 Å². The van der Waals surface area contributed by atoms with Crippen molar-refractivity contribution in [3.05, 3.63) is 102 Å².